The Morgan fingerprint density at radius 1 is 1.62 bits per heavy atom. The van der Waals surface area contributed by atoms with Crippen LogP contribution < -0.4 is 0 Å². The van der Waals surface area contributed by atoms with Crippen LogP contribution in [0.2, 0.25) is 5.02 Å². The number of aromatic amines is 1. The maximum absolute atomic E-state index is 13.3. The van der Waals surface area contributed by atoms with E-state index in [1.165, 1.54) is 6.07 Å². The summed E-state index contributed by atoms with van der Waals surface area (Å²) in [4.78, 5) is 2.69. The predicted molar refractivity (Wildman–Crippen MR) is 54.1 cm³/mol. The quantitative estimate of drug-likeness (QED) is 0.583. The molecule has 13 heavy (non-hydrogen) atoms. The lowest BCUT2D eigenvalue weighted by Gasteiger charge is -1.95. The number of H-pyrrole nitrogens is 1. The minimum atomic E-state index is -0.556. The van der Waals surface area contributed by atoms with Crippen molar-refractivity contribution in [3.63, 3.8) is 0 Å². The lowest BCUT2D eigenvalue weighted by Crippen LogP contribution is -1.80. The number of halogens is 3. The van der Waals surface area contributed by atoms with Crippen LogP contribution in [-0.2, 0) is 0 Å². The molecule has 0 aliphatic carbocycles. The lowest BCUT2D eigenvalue weighted by molar-refractivity contribution is 0.581. The molecule has 0 saturated carbocycles. The first-order valence-corrected chi connectivity index (χ1v) is 4.84. The summed E-state index contributed by atoms with van der Waals surface area (Å²) in [7, 11) is 0. The zero-order chi connectivity index (χ0) is 9.59. The highest BCUT2D eigenvalue weighted by Gasteiger charge is 2.12. The van der Waals surface area contributed by atoms with E-state index in [-0.39, 0.29) is 15.4 Å². The molecule has 1 N–H and O–H groups in total. The molecule has 0 radical (unpaired) electrons. The number of nitrogens with one attached hydrogen (secondary N) is 1. The van der Waals surface area contributed by atoms with Gasteiger partial charge in [-0.1, -0.05) is 11.6 Å². The Kier molecular flexibility index (Phi) is 2.17. The van der Waals surface area contributed by atoms with E-state index in [2.05, 4.69) is 20.9 Å². The highest BCUT2D eigenvalue weighted by molar-refractivity contribution is 9.10. The van der Waals surface area contributed by atoms with Gasteiger partial charge < -0.3 is 9.40 Å². The van der Waals surface area contributed by atoms with E-state index < -0.39 is 5.82 Å². The molecule has 1 aromatic heterocycles. The van der Waals surface area contributed by atoms with Crippen molar-refractivity contribution in [3.8, 4) is 0 Å². The standard InChI is InChI=1S/C7H2BrClFNOS/c8-2-1-3(9)4(10)5-6(2)12-7(13)11-5/h1H,(H,11,13). The molecule has 1 heterocycles. The molecular weight excluding hydrogens is 281 g/mol. The molecule has 0 amide bonds. The van der Waals surface area contributed by atoms with Gasteiger partial charge in [0.15, 0.2) is 11.4 Å². The van der Waals surface area contributed by atoms with E-state index in [9.17, 15) is 4.39 Å². The summed E-state index contributed by atoms with van der Waals surface area (Å²) < 4.78 is 18.9. The number of hydrogen-bond donors (Lipinski definition) is 1. The second-order valence-corrected chi connectivity index (χ2v) is 4.01. The van der Waals surface area contributed by atoms with E-state index >= 15 is 0 Å². The van der Waals surface area contributed by atoms with Gasteiger partial charge >= 0.3 is 0 Å². The van der Waals surface area contributed by atoms with Gasteiger partial charge in [-0.05, 0) is 34.2 Å². The van der Waals surface area contributed by atoms with Gasteiger partial charge in [0.25, 0.3) is 4.84 Å². The molecule has 0 spiro atoms. The van der Waals surface area contributed by atoms with Crippen molar-refractivity contribution in [2.45, 2.75) is 0 Å². The second-order valence-electron chi connectivity index (χ2n) is 2.37. The topological polar surface area (TPSA) is 28.9 Å². The third kappa shape index (κ3) is 1.41. The van der Waals surface area contributed by atoms with Crippen LogP contribution in [0.4, 0.5) is 4.39 Å². The van der Waals surface area contributed by atoms with E-state index in [0.29, 0.717) is 10.1 Å². The third-order valence-corrected chi connectivity index (χ3v) is 2.60. The minimum absolute atomic E-state index is 0.0198. The highest BCUT2D eigenvalue weighted by Crippen LogP contribution is 2.30. The van der Waals surface area contributed by atoms with Gasteiger partial charge in [0.05, 0.1) is 9.50 Å². The molecule has 1 aromatic carbocycles. The number of oxazole rings is 1. The Morgan fingerprint density at radius 3 is 3.00 bits per heavy atom. The van der Waals surface area contributed by atoms with Gasteiger partial charge in [-0.25, -0.2) is 4.39 Å². The molecule has 2 aromatic rings. The van der Waals surface area contributed by atoms with Crippen molar-refractivity contribution in [1.82, 2.24) is 4.98 Å². The normalized spacial score (nSPS) is 11.0. The molecule has 2 nitrogen and oxygen atoms in total. The van der Waals surface area contributed by atoms with Crippen LogP contribution in [0, 0.1) is 10.7 Å². The number of rotatable bonds is 0. The van der Waals surface area contributed by atoms with Crippen LogP contribution in [0.1, 0.15) is 0 Å². The average molecular weight is 283 g/mol. The fourth-order valence-electron chi connectivity index (χ4n) is 1.01. The fourth-order valence-corrected chi connectivity index (χ4v) is 2.04. The summed E-state index contributed by atoms with van der Waals surface area (Å²) in [5.74, 6) is -0.556. The summed E-state index contributed by atoms with van der Waals surface area (Å²) in [5, 5.41) is 0.0198. The molecule has 0 fully saturated rings. The maximum Gasteiger partial charge on any atom is 0.267 e. The van der Waals surface area contributed by atoms with Gasteiger partial charge in [0.2, 0.25) is 0 Å². The molecule has 0 aliphatic rings. The van der Waals surface area contributed by atoms with Crippen molar-refractivity contribution >= 4 is 50.8 Å². The Labute approximate surface area is 90.8 Å². The van der Waals surface area contributed by atoms with E-state index in [4.69, 9.17) is 28.2 Å². The Hall–Kier alpha value is -0.390. The van der Waals surface area contributed by atoms with Gasteiger partial charge in [-0.15, -0.1) is 0 Å². The van der Waals surface area contributed by atoms with Crippen LogP contribution in [0.5, 0.6) is 0 Å². The molecule has 68 valence electrons. The summed E-state index contributed by atoms with van der Waals surface area (Å²) in [6.07, 6.45) is 0. The smallest absolute Gasteiger partial charge is 0.267 e. The Balaban J connectivity index is 3.04. The fraction of sp³-hybridized carbons (Fsp3) is 0. The van der Waals surface area contributed by atoms with Crippen LogP contribution in [0.15, 0.2) is 15.0 Å². The third-order valence-electron chi connectivity index (χ3n) is 1.55. The van der Waals surface area contributed by atoms with Gasteiger partial charge in [0, 0.05) is 0 Å². The summed E-state index contributed by atoms with van der Waals surface area (Å²) in [5.41, 5.74) is 0.524. The van der Waals surface area contributed by atoms with Gasteiger partial charge in [-0.2, -0.15) is 0 Å². The Morgan fingerprint density at radius 2 is 2.31 bits per heavy atom. The van der Waals surface area contributed by atoms with Crippen LogP contribution >= 0.6 is 39.7 Å². The van der Waals surface area contributed by atoms with Gasteiger partial charge in [0.1, 0.15) is 5.52 Å². The van der Waals surface area contributed by atoms with Crippen molar-refractivity contribution < 1.29 is 8.81 Å². The molecule has 0 bridgehead atoms. The van der Waals surface area contributed by atoms with Crippen LogP contribution in [-0.4, -0.2) is 4.98 Å². The van der Waals surface area contributed by atoms with Crippen LogP contribution in [0.25, 0.3) is 11.1 Å². The first-order chi connectivity index (χ1) is 6.09. The largest absolute Gasteiger partial charge is 0.428 e. The van der Waals surface area contributed by atoms with Crippen molar-refractivity contribution in [2.24, 2.45) is 0 Å². The predicted octanol–water partition coefficient (Wildman–Crippen LogP) is 4.05. The van der Waals surface area contributed by atoms with Crippen molar-refractivity contribution in [2.75, 3.05) is 0 Å². The molecule has 6 heteroatoms. The van der Waals surface area contributed by atoms with Crippen molar-refractivity contribution in [1.29, 1.82) is 0 Å². The molecule has 2 rings (SSSR count). The summed E-state index contributed by atoms with van der Waals surface area (Å²) in [6.45, 7) is 0. The number of aromatic nitrogens is 1. The van der Waals surface area contributed by atoms with E-state index in [1.54, 1.807) is 0 Å². The van der Waals surface area contributed by atoms with Crippen molar-refractivity contribution in [3.05, 3.63) is 26.2 Å². The second kappa shape index (κ2) is 3.08. The molecule has 0 atom stereocenters. The number of benzene rings is 1. The van der Waals surface area contributed by atoms with E-state index in [0.717, 1.165) is 0 Å². The zero-order valence-electron chi connectivity index (χ0n) is 6.03. The first kappa shape index (κ1) is 9.18. The van der Waals surface area contributed by atoms with E-state index in [1.807, 2.05) is 0 Å². The molecule has 0 unspecified atom stereocenters. The van der Waals surface area contributed by atoms with Crippen LogP contribution in [0.3, 0.4) is 0 Å². The lowest BCUT2D eigenvalue weighted by atomic mass is 10.3. The SMILES string of the molecule is Fc1c(Cl)cc(Br)c2oc(=S)[nH]c12. The van der Waals surface area contributed by atoms with Gasteiger partial charge in [-0.3, -0.25) is 0 Å². The summed E-state index contributed by atoms with van der Waals surface area (Å²) in [6, 6.07) is 1.42. The zero-order valence-corrected chi connectivity index (χ0v) is 9.19. The average Bonchev–Trinajstić information content (AvgIpc) is 2.44. The molecular formula is C7H2BrClFNOS. The molecule has 0 saturated heterocycles. The maximum atomic E-state index is 13.3. The first-order valence-electron chi connectivity index (χ1n) is 3.26. The minimum Gasteiger partial charge on any atom is -0.428 e. The highest BCUT2D eigenvalue weighted by atomic mass is 79.9. The monoisotopic (exact) mass is 281 g/mol. The molecule has 0 aliphatic heterocycles. The number of fused-ring (bicyclic) bond motifs is 1. The summed E-state index contributed by atoms with van der Waals surface area (Å²) >= 11 is 13.5. The number of hydrogen-bond acceptors (Lipinski definition) is 2. The Bertz CT molecular complexity index is 535.